The zero-order valence-electron chi connectivity index (χ0n) is 16.3. The lowest BCUT2D eigenvalue weighted by Gasteiger charge is -1.99. The largest absolute Gasteiger partial charge is 0.457 e. The van der Waals surface area contributed by atoms with Crippen molar-refractivity contribution in [2.45, 2.75) is 6.42 Å². The Bertz CT molecular complexity index is 1620. The molecule has 0 spiro atoms. The summed E-state index contributed by atoms with van der Waals surface area (Å²) in [7, 11) is 0. The molecule has 3 heterocycles. The maximum atomic E-state index is 12.9. The van der Waals surface area contributed by atoms with Gasteiger partial charge in [-0.1, -0.05) is 64.9 Å². The van der Waals surface area contributed by atoms with Crippen LogP contribution >= 0.6 is 34.5 Å². The zero-order valence-corrected chi connectivity index (χ0v) is 18.6. The molecule has 0 unspecified atom stereocenters. The van der Waals surface area contributed by atoms with E-state index < -0.39 is 5.56 Å². The van der Waals surface area contributed by atoms with E-state index in [4.69, 9.17) is 27.6 Å². The molecule has 3 aromatic heterocycles. The lowest BCUT2D eigenvalue weighted by Crippen LogP contribution is -2.28. The minimum atomic E-state index is -0.443. The Morgan fingerprint density at radius 2 is 1.81 bits per heavy atom. The van der Waals surface area contributed by atoms with Gasteiger partial charge in [0.2, 0.25) is 4.96 Å². The second-order valence-electron chi connectivity index (χ2n) is 6.97. The Morgan fingerprint density at radius 1 is 1.00 bits per heavy atom. The number of halogens is 2. The normalized spacial score (nSPS) is 12.0. The molecule has 158 valence electrons. The summed E-state index contributed by atoms with van der Waals surface area (Å²) >= 11 is 13.1. The van der Waals surface area contributed by atoms with Crippen LogP contribution in [0.1, 0.15) is 17.0 Å². The molecule has 6 nitrogen and oxygen atoms in total. The number of benzene rings is 2. The van der Waals surface area contributed by atoms with Crippen LogP contribution in [0.15, 0.2) is 74.7 Å². The molecule has 0 bridgehead atoms. The minimum Gasteiger partial charge on any atom is -0.457 e. The van der Waals surface area contributed by atoms with Gasteiger partial charge in [0.25, 0.3) is 11.1 Å². The highest BCUT2D eigenvalue weighted by atomic mass is 35.5. The Morgan fingerprint density at radius 3 is 2.59 bits per heavy atom. The van der Waals surface area contributed by atoms with Crippen LogP contribution in [-0.4, -0.2) is 14.6 Å². The first-order valence-electron chi connectivity index (χ1n) is 9.51. The van der Waals surface area contributed by atoms with Gasteiger partial charge in [0.1, 0.15) is 21.7 Å². The van der Waals surface area contributed by atoms with Gasteiger partial charge in [-0.2, -0.15) is 14.6 Å². The van der Waals surface area contributed by atoms with Gasteiger partial charge in [-0.25, -0.2) is 0 Å². The summed E-state index contributed by atoms with van der Waals surface area (Å²) < 4.78 is 7.37. The molecule has 0 aliphatic heterocycles. The summed E-state index contributed by atoms with van der Waals surface area (Å²) in [6, 6.07) is 18.1. The number of hydrogen-bond donors (Lipinski definition) is 0. The molecule has 0 aliphatic carbocycles. The van der Waals surface area contributed by atoms with Gasteiger partial charge in [-0.3, -0.25) is 9.59 Å². The van der Waals surface area contributed by atoms with Crippen LogP contribution in [0, 0.1) is 0 Å². The smallest absolute Gasteiger partial charge is 0.296 e. The third kappa shape index (κ3) is 3.98. The third-order valence-corrected chi connectivity index (χ3v) is 6.47. The molecule has 0 aliphatic rings. The summed E-state index contributed by atoms with van der Waals surface area (Å²) in [5.74, 6) is 1.06. The fourth-order valence-corrected chi connectivity index (χ4v) is 4.39. The van der Waals surface area contributed by atoms with Crippen LogP contribution in [-0.2, 0) is 6.42 Å². The highest BCUT2D eigenvalue weighted by molar-refractivity contribution is 7.15. The first-order chi connectivity index (χ1) is 15.5. The van der Waals surface area contributed by atoms with Crippen molar-refractivity contribution in [2.24, 2.45) is 0 Å². The Labute approximate surface area is 195 Å². The summed E-state index contributed by atoms with van der Waals surface area (Å²) in [5.41, 5.74) is 1.09. The molecule has 32 heavy (non-hydrogen) atoms. The average molecular weight is 482 g/mol. The lowest BCUT2D eigenvalue weighted by molar-refractivity contribution is 0.571. The molecule has 5 aromatic rings. The standard InChI is InChI=1S/C23H13Cl2N3O3S/c24-16-8-6-14(11-17(16)25)19-9-7-15(31-19)12-20-22(30)28-23(32-20)26-21(29)18(27-28)10-13-4-2-1-3-5-13/h1-9,11-12H,10H2/b20-12-. The van der Waals surface area contributed by atoms with Crippen molar-refractivity contribution in [1.29, 1.82) is 0 Å². The van der Waals surface area contributed by atoms with Crippen LogP contribution in [0.25, 0.3) is 22.4 Å². The highest BCUT2D eigenvalue weighted by Gasteiger charge is 2.12. The van der Waals surface area contributed by atoms with E-state index in [1.807, 2.05) is 30.3 Å². The van der Waals surface area contributed by atoms with Gasteiger partial charge in [0.05, 0.1) is 10.0 Å². The van der Waals surface area contributed by atoms with Crippen molar-refractivity contribution in [2.75, 3.05) is 0 Å². The van der Waals surface area contributed by atoms with Crippen LogP contribution in [0.4, 0.5) is 0 Å². The van der Waals surface area contributed by atoms with Crippen LogP contribution in [0.3, 0.4) is 0 Å². The number of aromatic nitrogens is 3. The SMILES string of the molecule is O=c1nc2s/c(=C\c3ccc(-c4ccc(Cl)c(Cl)c4)o3)c(=O)n2nc1Cc1ccccc1. The van der Waals surface area contributed by atoms with Gasteiger partial charge < -0.3 is 4.42 Å². The van der Waals surface area contributed by atoms with Crippen molar-refractivity contribution in [1.82, 2.24) is 14.6 Å². The van der Waals surface area contributed by atoms with Crippen molar-refractivity contribution in [3.63, 3.8) is 0 Å². The van der Waals surface area contributed by atoms with Crippen LogP contribution in [0.2, 0.25) is 10.0 Å². The number of nitrogens with zero attached hydrogens (tertiary/aromatic N) is 3. The molecule has 2 aromatic carbocycles. The third-order valence-electron chi connectivity index (χ3n) is 4.77. The molecular weight excluding hydrogens is 469 g/mol. The van der Waals surface area contributed by atoms with E-state index in [1.54, 1.807) is 36.4 Å². The minimum absolute atomic E-state index is 0.218. The number of rotatable bonds is 4. The molecule has 5 rings (SSSR count). The highest BCUT2D eigenvalue weighted by Crippen LogP contribution is 2.29. The summed E-state index contributed by atoms with van der Waals surface area (Å²) in [5, 5.41) is 5.14. The predicted molar refractivity (Wildman–Crippen MR) is 126 cm³/mol. The second-order valence-corrected chi connectivity index (χ2v) is 8.79. The van der Waals surface area contributed by atoms with E-state index in [0.717, 1.165) is 22.5 Å². The summed E-state index contributed by atoms with van der Waals surface area (Å²) in [4.78, 5) is 29.6. The van der Waals surface area contributed by atoms with Gasteiger partial charge in [-0.15, -0.1) is 0 Å². The van der Waals surface area contributed by atoms with Gasteiger partial charge in [0.15, 0.2) is 0 Å². The fourth-order valence-electron chi connectivity index (χ4n) is 3.21. The van der Waals surface area contributed by atoms with Crippen molar-refractivity contribution >= 4 is 45.6 Å². The molecule has 0 radical (unpaired) electrons. The fraction of sp³-hybridized carbons (Fsp3) is 0.0435. The van der Waals surface area contributed by atoms with Gasteiger partial charge in [-0.05, 0) is 35.9 Å². The van der Waals surface area contributed by atoms with Crippen molar-refractivity contribution < 1.29 is 4.42 Å². The predicted octanol–water partition coefficient (Wildman–Crippen LogP) is 4.22. The Kier molecular flexibility index (Phi) is 5.38. The zero-order chi connectivity index (χ0) is 22.2. The molecule has 0 saturated heterocycles. The summed E-state index contributed by atoms with van der Waals surface area (Å²) in [6.45, 7) is 0. The van der Waals surface area contributed by atoms with Crippen LogP contribution in [0.5, 0.6) is 0 Å². The Balaban J connectivity index is 1.53. The lowest BCUT2D eigenvalue weighted by atomic mass is 10.1. The maximum absolute atomic E-state index is 12.9. The van der Waals surface area contributed by atoms with Crippen molar-refractivity contribution in [3.05, 3.63) is 113 Å². The molecule has 0 amide bonds. The average Bonchev–Trinajstić information content (AvgIpc) is 3.36. The quantitative estimate of drug-likeness (QED) is 0.384. The second kappa shape index (κ2) is 8.35. The number of fused-ring (bicyclic) bond motifs is 1. The molecule has 9 heteroatoms. The van der Waals surface area contributed by atoms with Crippen LogP contribution < -0.4 is 15.7 Å². The van der Waals surface area contributed by atoms with E-state index >= 15 is 0 Å². The van der Waals surface area contributed by atoms with E-state index in [1.165, 1.54) is 4.52 Å². The van der Waals surface area contributed by atoms with Crippen molar-refractivity contribution in [3.8, 4) is 11.3 Å². The van der Waals surface area contributed by atoms with E-state index in [0.29, 0.717) is 32.5 Å². The maximum Gasteiger partial charge on any atom is 0.296 e. The van der Waals surface area contributed by atoms with E-state index in [-0.39, 0.29) is 16.2 Å². The molecule has 0 fully saturated rings. The number of thiazole rings is 1. The molecule has 0 atom stereocenters. The van der Waals surface area contributed by atoms with Gasteiger partial charge in [0, 0.05) is 18.1 Å². The topological polar surface area (TPSA) is 77.5 Å². The number of hydrogen-bond acceptors (Lipinski definition) is 6. The first kappa shape index (κ1) is 20.6. The molecule has 0 N–H and O–H groups in total. The van der Waals surface area contributed by atoms with Gasteiger partial charge >= 0.3 is 0 Å². The van der Waals surface area contributed by atoms with E-state index in [2.05, 4.69) is 10.1 Å². The first-order valence-corrected chi connectivity index (χ1v) is 11.1. The molecular formula is C23H13Cl2N3O3S. The number of furan rings is 1. The molecule has 0 saturated carbocycles. The monoisotopic (exact) mass is 481 g/mol. The summed E-state index contributed by atoms with van der Waals surface area (Å²) in [6.07, 6.45) is 1.90. The van der Waals surface area contributed by atoms with E-state index in [9.17, 15) is 9.59 Å². The Hall–Kier alpha value is -3.26.